The first-order chi connectivity index (χ1) is 16.4. The maximum Gasteiger partial charge on any atom is 0.332 e. The second-order valence-electron chi connectivity index (χ2n) is 7.37. The van der Waals surface area contributed by atoms with E-state index in [0.717, 1.165) is 4.57 Å². The van der Waals surface area contributed by atoms with Gasteiger partial charge in [-0.05, 0) is 42.0 Å². The Balaban J connectivity index is 1.74. The number of pyridine rings is 1. The summed E-state index contributed by atoms with van der Waals surface area (Å²) in [6.07, 6.45) is 1.43. The number of nitrogens with zero attached hydrogens (tertiary/aromatic N) is 3. The van der Waals surface area contributed by atoms with Crippen LogP contribution >= 0.6 is 0 Å². The molecule has 2 aromatic carbocycles. The van der Waals surface area contributed by atoms with Gasteiger partial charge in [0.1, 0.15) is 23.9 Å². The van der Waals surface area contributed by atoms with Gasteiger partial charge in [-0.25, -0.2) is 14.2 Å². The van der Waals surface area contributed by atoms with Crippen molar-refractivity contribution < 1.29 is 18.7 Å². The van der Waals surface area contributed by atoms with Gasteiger partial charge in [0.05, 0.1) is 32.0 Å². The van der Waals surface area contributed by atoms with Gasteiger partial charge in [0.15, 0.2) is 5.52 Å². The van der Waals surface area contributed by atoms with Crippen LogP contribution in [-0.4, -0.2) is 34.2 Å². The highest BCUT2D eigenvalue weighted by atomic mass is 19.1. The van der Waals surface area contributed by atoms with Crippen molar-refractivity contribution in [2.75, 3.05) is 19.5 Å². The van der Waals surface area contributed by atoms with Crippen molar-refractivity contribution >= 4 is 22.6 Å². The highest BCUT2D eigenvalue weighted by Crippen LogP contribution is 2.28. The fourth-order valence-electron chi connectivity index (χ4n) is 3.55. The number of nitrogens with one attached hydrogen (secondary N) is 1. The molecule has 0 atom stereocenters. The number of amides is 1. The van der Waals surface area contributed by atoms with E-state index in [1.54, 1.807) is 30.3 Å². The lowest BCUT2D eigenvalue weighted by molar-refractivity contribution is -0.116. The molecule has 0 fully saturated rings. The summed E-state index contributed by atoms with van der Waals surface area (Å²) in [7, 11) is 2.96. The van der Waals surface area contributed by atoms with Crippen LogP contribution in [-0.2, 0) is 17.9 Å². The Kier molecular flexibility index (Phi) is 6.39. The Bertz CT molecular complexity index is 1480. The summed E-state index contributed by atoms with van der Waals surface area (Å²) in [6, 6.07) is 13.5. The van der Waals surface area contributed by atoms with E-state index in [-0.39, 0.29) is 24.1 Å². The Morgan fingerprint density at radius 1 is 1.03 bits per heavy atom. The molecule has 1 N–H and O–H groups in total. The van der Waals surface area contributed by atoms with Crippen LogP contribution < -0.4 is 26.0 Å². The van der Waals surface area contributed by atoms with E-state index < -0.39 is 23.0 Å². The molecular weight excluding hydrogens is 443 g/mol. The number of carbonyl (C=O) groups excluding carboxylic acids is 1. The molecule has 10 heteroatoms. The number of ether oxygens (including phenoxy) is 2. The molecule has 0 bridgehead atoms. The van der Waals surface area contributed by atoms with Gasteiger partial charge in [0, 0.05) is 12.3 Å². The topological polar surface area (TPSA) is 104 Å². The van der Waals surface area contributed by atoms with Crippen molar-refractivity contribution in [2.45, 2.75) is 13.1 Å². The number of benzene rings is 2. The van der Waals surface area contributed by atoms with E-state index in [2.05, 4.69) is 10.3 Å². The number of methoxy groups -OCH3 is 2. The number of aromatic nitrogens is 3. The van der Waals surface area contributed by atoms with Crippen molar-refractivity contribution in [1.29, 1.82) is 0 Å². The van der Waals surface area contributed by atoms with Crippen molar-refractivity contribution in [3.05, 3.63) is 93.0 Å². The monoisotopic (exact) mass is 464 g/mol. The fraction of sp³-hybridized carbons (Fsp3) is 0.167. The van der Waals surface area contributed by atoms with Gasteiger partial charge >= 0.3 is 5.69 Å². The summed E-state index contributed by atoms with van der Waals surface area (Å²) in [4.78, 5) is 43.3. The zero-order valence-corrected chi connectivity index (χ0v) is 18.4. The number of carbonyl (C=O) groups is 1. The number of hydrogen-bond donors (Lipinski definition) is 1. The van der Waals surface area contributed by atoms with Crippen LogP contribution in [0.4, 0.5) is 10.1 Å². The van der Waals surface area contributed by atoms with Crippen molar-refractivity contribution in [3.8, 4) is 11.5 Å². The van der Waals surface area contributed by atoms with Gasteiger partial charge in [-0.2, -0.15) is 0 Å². The Labute approximate surface area is 193 Å². The van der Waals surface area contributed by atoms with E-state index in [4.69, 9.17) is 9.47 Å². The molecule has 174 valence electrons. The quantitative estimate of drug-likeness (QED) is 0.451. The van der Waals surface area contributed by atoms with E-state index in [1.807, 2.05) is 0 Å². The third-order valence-corrected chi connectivity index (χ3v) is 5.22. The molecule has 0 spiro atoms. The molecular formula is C24H21FN4O5. The fourth-order valence-corrected chi connectivity index (χ4v) is 3.55. The number of rotatable bonds is 7. The molecule has 4 rings (SSSR count). The molecule has 0 aliphatic carbocycles. The van der Waals surface area contributed by atoms with E-state index in [1.165, 1.54) is 49.2 Å². The molecule has 0 unspecified atom stereocenters. The Hall–Kier alpha value is -4.47. The standard InChI is InChI=1S/C24H21FN4O5/c1-33-17-9-10-20(34-2)18(12-17)27-21(30)14-28-19-4-3-11-26-22(19)23(31)29(24(28)32)13-15-5-7-16(25)8-6-15/h3-12H,13-14H2,1-2H3,(H,27,30). The molecule has 0 radical (unpaired) electrons. The maximum absolute atomic E-state index is 13.3. The van der Waals surface area contributed by atoms with Gasteiger partial charge < -0.3 is 14.8 Å². The minimum absolute atomic E-state index is 0.0379. The second kappa shape index (κ2) is 9.57. The van der Waals surface area contributed by atoms with Gasteiger partial charge in [-0.3, -0.25) is 18.7 Å². The molecule has 1 amide bonds. The molecule has 0 saturated carbocycles. The molecule has 2 heterocycles. The average molecular weight is 464 g/mol. The van der Waals surface area contributed by atoms with Gasteiger partial charge in [0.2, 0.25) is 5.91 Å². The van der Waals surface area contributed by atoms with Crippen LogP contribution in [0.5, 0.6) is 11.5 Å². The highest BCUT2D eigenvalue weighted by Gasteiger charge is 2.17. The minimum Gasteiger partial charge on any atom is -0.497 e. The summed E-state index contributed by atoms with van der Waals surface area (Å²) in [5, 5.41) is 2.71. The van der Waals surface area contributed by atoms with Crippen LogP contribution in [0, 0.1) is 5.82 Å². The summed E-state index contributed by atoms with van der Waals surface area (Å²) in [5.41, 5.74) is -0.120. The predicted octanol–water partition coefficient (Wildman–Crippen LogP) is 2.40. The number of fused-ring (bicyclic) bond motifs is 1. The van der Waals surface area contributed by atoms with Crippen molar-refractivity contribution in [2.24, 2.45) is 0 Å². The van der Waals surface area contributed by atoms with Gasteiger partial charge in [-0.1, -0.05) is 12.1 Å². The van der Waals surface area contributed by atoms with Gasteiger partial charge in [0.25, 0.3) is 5.56 Å². The Morgan fingerprint density at radius 3 is 2.50 bits per heavy atom. The Morgan fingerprint density at radius 2 is 1.79 bits per heavy atom. The molecule has 0 aliphatic heterocycles. The van der Waals surface area contributed by atoms with Crippen LogP contribution in [0.3, 0.4) is 0 Å². The first-order valence-electron chi connectivity index (χ1n) is 10.3. The lowest BCUT2D eigenvalue weighted by Gasteiger charge is -2.15. The summed E-state index contributed by atoms with van der Waals surface area (Å²) in [6.45, 7) is -0.485. The highest BCUT2D eigenvalue weighted by molar-refractivity contribution is 5.93. The average Bonchev–Trinajstić information content (AvgIpc) is 2.85. The largest absolute Gasteiger partial charge is 0.497 e. The maximum atomic E-state index is 13.3. The molecule has 34 heavy (non-hydrogen) atoms. The summed E-state index contributed by atoms with van der Waals surface area (Å²) >= 11 is 0. The molecule has 9 nitrogen and oxygen atoms in total. The van der Waals surface area contributed by atoms with Crippen molar-refractivity contribution in [3.63, 3.8) is 0 Å². The lowest BCUT2D eigenvalue weighted by atomic mass is 10.2. The molecule has 2 aromatic heterocycles. The first-order valence-corrected chi connectivity index (χ1v) is 10.3. The summed E-state index contributed by atoms with van der Waals surface area (Å²) < 4.78 is 25.9. The minimum atomic E-state index is -0.692. The normalized spacial score (nSPS) is 10.8. The molecule has 0 saturated heterocycles. The van der Waals surface area contributed by atoms with E-state index >= 15 is 0 Å². The van der Waals surface area contributed by atoms with E-state index in [0.29, 0.717) is 22.7 Å². The SMILES string of the molecule is COc1ccc(OC)c(NC(=O)Cn2c(=O)n(Cc3ccc(F)cc3)c(=O)c3ncccc32)c1. The van der Waals surface area contributed by atoms with Gasteiger partial charge in [-0.15, -0.1) is 0 Å². The van der Waals surface area contributed by atoms with Crippen LogP contribution in [0.2, 0.25) is 0 Å². The van der Waals surface area contributed by atoms with Crippen molar-refractivity contribution in [1.82, 2.24) is 14.1 Å². The van der Waals surface area contributed by atoms with Crippen LogP contribution in [0.15, 0.2) is 70.4 Å². The zero-order valence-electron chi connectivity index (χ0n) is 18.4. The first kappa shape index (κ1) is 22.7. The number of halogens is 1. The molecule has 4 aromatic rings. The van der Waals surface area contributed by atoms with Crippen LogP contribution in [0.1, 0.15) is 5.56 Å². The third kappa shape index (κ3) is 4.51. The lowest BCUT2D eigenvalue weighted by Crippen LogP contribution is -2.42. The molecule has 0 aliphatic rings. The smallest absolute Gasteiger partial charge is 0.332 e. The summed E-state index contributed by atoms with van der Waals surface area (Å²) in [5.74, 6) is -0.0332. The van der Waals surface area contributed by atoms with E-state index in [9.17, 15) is 18.8 Å². The third-order valence-electron chi connectivity index (χ3n) is 5.22. The second-order valence-corrected chi connectivity index (χ2v) is 7.37. The number of anilines is 1. The number of hydrogen-bond acceptors (Lipinski definition) is 6. The van der Waals surface area contributed by atoms with Crippen LogP contribution in [0.25, 0.3) is 11.0 Å². The predicted molar refractivity (Wildman–Crippen MR) is 124 cm³/mol. The zero-order chi connectivity index (χ0) is 24.2.